The topological polar surface area (TPSA) is 125 Å². The second-order valence-corrected chi connectivity index (χ2v) is 20.2. The van der Waals surface area contributed by atoms with Gasteiger partial charge in [-0.15, -0.1) is 10.2 Å². The van der Waals surface area contributed by atoms with Crippen LogP contribution in [0.25, 0.3) is 17.3 Å². The van der Waals surface area contributed by atoms with Gasteiger partial charge >= 0.3 is 0 Å². The Bertz CT molecular complexity index is 1670. The molecule has 3 aromatic heterocycles. The summed E-state index contributed by atoms with van der Waals surface area (Å²) in [5, 5.41) is 7.16. The molecule has 0 aliphatic heterocycles. The number of aromatic nitrogens is 5. The third-order valence-electron chi connectivity index (χ3n) is 7.10. The lowest BCUT2D eigenvalue weighted by atomic mass is 10.0. The zero-order chi connectivity index (χ0) is 31.7. The largest absolute Gasteiger partial charge is 0.494 e. The van der Waals surface area contributed by atoms with Crippen molar-refractivity contribution in [3.8, 4) is 28.8 Å². The van der Waals surface area contributed by atoms with E-state index >= 15 is 4.39 Å². The normalized spacial score (nSPS) is 14.3. The Labute approximate surface area is 260 Å². The number of rotatable bonds is 12. The molecule has 0 fully saturated rings. The average Bonchev–Trinajstić information content (AvgIpc) is 3.57. The zero-order valence-corrected chi connectivity index (χ0v) is 28.8. The minimum Gasteiger partial charge on any atom is -0.494 e. The van der Waals surface area contributed by atoms with E-state index in [-0.39, 0.29) is 24.1 Å². The van der Waals surface area contributed by atoms with Gasteiger partial charge in [0.05, 0.1) is 18.7 Å². The van der Waals surface area contributed by atoms with Crippen molar-refractivity contribution >= 4 is 40.0 Å². The maximum Gasteiger partial charge on any atom is 0.246 e. The molecule has 0 N–H and O–H groups in total. The quantitative estimate of drug-likeness (QED) is 0.160. The molecular formula is C28H36BrFN6O5SSi. The van der Waals surface area contributed by atoms with Crippen molar-refractivity contribution in [3.63, 3.8) is 0 Å². The average molecular weight is 696 g/mol. The number of anilines is 1. The van der Waals surface area contributed by atoms with Crippen LogP contribution in [0.4, 0.5) is 10.3 Å². The number of hydrogen-bond donors (Lipinski definition) is 0. The number of hydrogen-bond acceptors (Lipinski definition) is 9. The van der Waals surface area contributed by atoms with Gasteiger partial charge in [0.1, 0.15) is 28.2 Å². The highest BCUT2D eigenvalue weighted by molar-refractivity contribution is 9.10. The van der Waals surface area contributed by atoms with Crippen molar-refractivity contribution in [2.24, 2.45) is 0 Å². The Morgan fingerprint density at radius 1 is 1.09 bits per heavy atom. The number of ether oxygens (including phenoxy) is 2. The molecule has 3 heterocycles. The number of para-hydroxylation sites is 1. The van der Waals surface area contributed by atoms with E-state index in [0.717, 1.165) is 4.31 Å². The molecule has 0 amide bonds. The highest BCUT2D eigenvalue weighted by Gasteiger charge is 2.48. The fourth-order valence-corrected chi connectivity index (χ4v) is 7.40. The van der Waals surface area contributed by atoms with Crippen LogP contribution in [0.1, 0.15) is 25.4 Å². The first-order valence-electron chi connectivity index (χ1n) is 13.5. The van der Waals surface area contributed by atoms with Gasteiger partial charge in [-0.25, -0.2) is 27.1 Å². The van der Waals surface area contributed by atoms with Crippen LogP contribution in [0.3, 0.4) is 0 Å². The molecule has 43 heavy (non-hydrogen) atoms. The van der Waals surface area contributed by atoms with Crippen molar-refractivity contribution in [2.45, 2.75) is 57.4 Å². The number of nitrogens with zero attached hydrogens (tertiary/aromatic N) is 6. The lowest BCUT2D eigenvalue weighted by Gasteiger charge is -2.33. The van der Waals surface area contributed by atoms with Crippen LogP contribution in [-0.2, 0) is 15.7 Å². The molecule has 15 heteroatoms. The Hall–Kier alpha value is -3.30. The molecule has 1 aromatic carbocycles. The van der Waals surface area contributed by atoms with E-state index in [1.54, 1.807) is 37.3 Å². The molecule has 4 rings (SSSR count). The van der Waals surface area contributed by atoms with Crippen molar-refractivity contribution in [1.82, 2.24) is 24.7 Å². The number of furan rings is 1. The number of sulfonamides is 1. The molecule has 0 aliphatic carbocycles. The maximum absolute atomic E-state index is 16.5. The lowest BCUT2D eigenvalue weighted by Crippen LogP contribution is -2.48. The van der Waals surface area contributed by atoms with Gasteiger partial charge in [0, 0.05) is 27.0 Å². The molecule has 0 saturated heterocycles. The SMILES string of the molecule is COc1cccc(OC)c1-n1c(-c2ccc(C)o2)nnc1N(CC[Si](C)(C)C)S(=O)(=O)[C@H](C)[C@](C)(F)c1ncc(Br)cn1. The van der Waals surface area contributed by atoms with E-state index < -0.39 is 29.0 Å². The van der Waals surface area contributed by atoms with Crippen molar-refractivity contribution in [3.05, 3.63) is 58.8 Å². The van der Waals surface area contributed by atoms with E-state index in [2.05, 4.69) is 55.7 Å². The molecule has 4 aromatic rings. The van der Waals surface area contributed by atoms with Crippen LogP contribution in [0.5, 0.6) is 11.5 Å². The van der Waals surface area contributed by atoms with Gasteiger partial charge < -0.3 is 13.9 Å². The van der Waals surface area contributed by atoms with Crippen LogP contribution in [0.2, 0.25) is 25.7 Å². The summed E-state index contributed by atoms with van der Waals surface area (Å²) in [6.07, 6.45) is 2.76. The number of benzene rings is 1. The van der Waals surface area contributed by atoms with Gasteiger partial charge in [0.25, 0.3) is 0 Å². The fourth-order valence-electron chi connectivity index (χ4n) is 4.40. The Kier molecular flexibility index (Phi) is 9.37. The smallest absolute Gasteiger partial charge is 0.246 e. The molecule has 0 aliphatic rings. The second-order valence-electron chi connectivity index (χ2n) is 11.5. The van der Waals surface area contributed by atoms with Gasteiger partial charge in [0.15, 0.2) is 17.3 Å². The van der Waals surface area contributed by atoms with Gasteiger partial charge in [-0.1, -0.05) is 25.7 Å². The summed E-state index contributed by atoms with van der Waals surface area (Å²) in [5.74, 6) is 1.61. The van der Waals surface area contributed by atoms with Gasteiger partial charge in [-0.05, 0) is 67.0 Å². The second kappa shape index (κ2) is 12.4. The van der Waals surface area contributed by atoms with E-state index in [4.69, 9.17) is 13.9 Å². The molecule has 0 unspecified atom stereocenters. The highest BCUT2D eigenvalue weighted by Crippen LogP contribution is 2.41. The molecule has 11 nitrogen and oxygen atoms in total. The molecular weight excluding hydrogens is 659 g/mol. The minimum absolute atomic E-state index is 0.0342. The zero-order valence-electron chi connectivity index (χ0n) is 25.4. The summed E-state index contributed by atoms with van der Waals surface area (Å²) < 4.78 is 66.0. The Morgan fingerprint density at radius 2 is 1.70 bits per heavy atom. The molecule has 0 radical (unpaired) electrons. The van der Waals surface area contributed by atoms with E-state index in [1.807, 2.05) is 0 Å². The first-order valence-corrected chi connectivity index (χ1v) is 19.5. The van der Waals surface area contributed by atoms with Crippen LogP contribution in [0.15, 0.2) is 51.6 Å². The Balaban J connectivity index is 1.99. The lowest BCUT2D eigenvalue weighted by molar-refractivity contribution is 0.174. The van der Waals surface area contributed by atoms with Crippen LogP contribution in [0, 0.1) is 6.92 Å². The van der Waals surface area contributed by atoms with Crippen LogP contribution in [-0.4, -0.2) is 67.2 Å². The van der Waals surface area contributed by atoms with E-state index in [9.17, 15) is 8.42 Å². The Morgan fingerprint density at radius 3 is 2.21 bits per heavy atom. The summed E-state index contributed by atoms with van der Waals surface area (Å²) in [6, 6.07) is 9.21. The monoisotopic (exact) mass is 694 g/mol. The third-order valence-corrected chi connectivity index (χ3v) is 11.5. The van der Waals surface area contributed by atoms with E-state index in [0.29, 0.717) is 39.2 Å². The van der Waals surface area contributed by atoms with Crippen LogP contribution < -0.4 is 13.8 Å². The highest BCUT2D eigenvalue weighted by atomic mass is 79.9. The molecule has 232 valence electrons. The summed E-state index contributed by atoms with van der Waals surface area (Å²) in [5.41, 5.74) is -2.10. The fraction of sp³-hybridized carbons (Fsp3) is 0.429. The van der Waals surface area contributed by atoms with Crippen molar-refractivity contribution in [2.75, 3.05) is 25.1 Å². The molecule has 0 saturated carbocycles. The maximum atomic E-state index is 16.5. The summed E-state index contributed by atoms with van der Waals surface area (Å²) in [6.45, 7) is 10.7. The molecule has 2 atom stereocenters. The van der Waals surface area contributed by atoms with Gasteiger partial charge in [-0.3, -0.25) is 4.57 Å². The summed E-state index contributed by atoms with van der Waals surface area (Å²) >= 11 is 3.24. The first kappa shape index (κ1) is 32.6. The number of methoxy groups -OCH3 is 2. The van der Waals surface area contributed by atoms with Crippen LogP contribution >= 0.6 is 15.9 Å². The number of halogens is 2. The number of alkyl halides is 1. The molecule has 0 bridgehead atoms. The predicted octanol–water partition coefficient (Wildman–Crippen LogP) is 6.15. The minimum atomic E-state index is -4.47. The summed E-state index contributed by atoms with van der Waals surface area (Å²) in [4.78, 5) is 8.14. The standard InChI is InChI=1S/C28H36BrFN6O5SSi/c1-18-12-13-23(41-18)25-33-34-27(36(25)24-21(39-4)10-9-11-22(24)40-5)35(14-15-43(6,7)8)42(37,38)19(2)28(3,30)26-31-16-20(29)17-32-26/h9-13,16-17,19H,14-15H2,1-8H3/t19-,28+/m1/s1. The van der Waals surface area contributed by atoms with Crippen molar-refractivity contribution in [1.29, 1.82) is 0 Å². The first-order chi connectivity index (χ1) is 20.1. The summed E-state index contributed by atoms with van der Waals surface area (Å²) in [7, 11) is -3.31. The third kappa shape index (κ3) is 6.62. The van der Waals surface area contributed by atoms with Crippen molar-refractivity contribution < 1.29 is 26.7 Å². The van der Waals surface area contributed by atoms with Gasteiger partial charge in [0.2, 0.25) is 21.8 Å². The molecule has 0 spiro atoms. The number of aryl methyl sites for hydroxylation is 1. The van der Waals surface area contributed by atoms with Gasteiger partial charge in [-0.2, -0.15) is 0 Å². The van der Waals surface area contributed by atoms with E-state index in [1.165, 1.54) is 45.0 Å². The predicted molar refractivity (Wildman–Crippen MR) is 169 cm³/mol.